The van der Waals surface area contributed by atoms with E-state index in [1.54, 1.807) is 12.0 Å². The first kappa shape index (κ1) is 16.4. The number of methoxy groups -OCH3 is 1. The molecule has 0 spiro atoms. The molecule has 126 valence electrons. The Bertz CT molecular complexity index is 798. The number of nitrogens with one attached hydrogen (secondary N) is 1. The minimum atomic E-state index is -0.394. The van der Waals surface area contributed by atoms with Crippen molar-refractivity contribution in [3.8, 4) is 5.75 Å². The number of anilines is 1. The van der Waals surface area contributed by atoms with Gasteiger partial charge >= 0.3 is 0 Å². The van der Waals surface area contributed by atoms with Crippen molar-refractivity contribution in [1.29, 1.82) is 0 Å². The molecule has 0 saturated carbocycles. The van der Waals surface area contributed by atoms with Gasteiger partial charge in [-0.1, -0.05) is 23.7 Å². The van der Waals surface area contributed by atoms with Crippen LogP contribution >= 0.6 is 11.6 Å². The number of amides is 1. The van der Waals surface area contributed by atoms with Gasteiger partial charge in [-0.3, -0.25) is 9.59 Å². The Morgan fingerprint density at radius 1 is 1.21 bits per heavy atom. The molecule has 1 aromatic carbocycles. The van der Waals surface area contributed by atoms with Gasteiger partial charge in [-0.15, -0.1) is 0 Å². The first-order valence-electron chi connectivity index (χ1n) is 7.65. The Hall–Kier alpha value is -2.47. The fourth-order valence-electron chi connectivity index (χ4n) is 2.80. The Balaban J connectivity index is 1.69. The molecule has 7 heteroatoms. The SMILES string of the molecule is COc1ccccc1N1CCN(C(=O)c2c[nH]c(=O)c(Cl)c2)CC1. The zero-order chi connectivity index (χ0) is 17.1. The van der Waals surface area contributed by atoms with Crippen molar-refractivity contribution < 1.29 is 9.53 Å². The average molecular weight is 348 g/mol. The number of hydrogen-bond donors (Lipinski definition) is 1. The van der Waals surface area contributed by atoms with Crippen molar-refractivity contribution in [3.63, 3.8) is 0 Å². The van der Waals surface area contributed by atoms with Gasteiger partial charge in [-0.05, 0) is 18.2 Å². The lowest BCUT2D eigenvalue weighted by Crippen LogP contribution is -2.49. The number of rotatable bonds is 3. The van der Waals surface area contributed by atoms with Crippen molar-refractivity contribution in [1.82, 2.24) is 9.88 Å². The molecule has 1 aliphatic rings. The van der Waals surface area contributed by atoms with Crippen LogP contribution in [0.5, 0.6) is 5.75 Å². The summed E-state index contributed by atoms with van der Waals surface area (Å²) in [7, 11) is 1.65. The van der Waals surface area contributed by atoms with E-state index in [-0.39, 0.29) is 10.9 Å². The second-order valence-corrected chi connectivity index (χ2v) is 5.92. The summed E-state index contributed by atoms with van der Waals surface area (Å²) >= 11 is 5.80. The van der Waals surface area contributed by atoms with Crippen molar-refractivity contribution in [2.45, 2.75) is 0 Å². The molecule has 0 atom stereocenters. The molecule has 0 aliphatic carbocycles. The maximum Gasteiger partial charge on any atom is 0.266 e. The minimum absolute atomic E-state index is 0.0218. The van der Waals surface area contributed by atoms with Gasteiger partial charge in [-0.25, -0.2) is 0 Å². The van der Waals surface area contributed by atoms with Gasteiger partial charge in [0.2, 0.25) is 0 Å². The maximum absolute atomic E-state index is 12.5. The Labute approximate surface area is 144 Å². The summed E-state index contributed by atoms with van der Waals surface area (Å²) < 4.78 is 5.40. The van der Waals surface area contributed by atoms with Crippen LogP contribution in [0.2, 0.25) is 5.02 Å². The van der Waals surface area contributed by atoms with Crippen LogP contribution in [-0.2, 0) is 0 Å². The molecular weight excluding hydrogens is 330 g/mol. The van der Waals surface area contributed by atoms with Crippen LogP contribution in [0.1, 0.15) is 10.4 Å². The third-order valence-corrected chi connectivity index (χ3v) is 4.38. The molecule has 2 heterocycles. The second-order valence-electron chi connectivity index (χ2n) is 5.52. The summed E-state index contributed by atoms with van der Waals surface area (Å²) in [6, 6.07) is 9.25. The van der Waals surface area contributed by atoms with Crippen molar-refractivity contribution in [2.75, 3.05) is 38.2 Å². The minimum Gasteiger partial charge on any atom is -0.495 e. The number of pyridine rings is 1. The smallest absolute Gasteiger partial charge is 0.266 e. The topological polar surface area (TPSA) is 65.6 Å². The van der Waals surface area contributed by atoms with Crippen LogP contribution in [0, 0.1) is 0 Å². The number of nitrogens with zero attached hydrogens (tertiary/aromatic N) is 2. The molecule has 0 unspecified atom stereocenters. The third kappa shape index (κ3) is 3.23. The van der Waals surface area contributed by atoms with Crippen LogP contribution in [0.4, 0.5) is 5.69 Å². The molecule has 1 saturated heterocycles. The van der Waals surface area contributed by atoms with E-state index in [0.717, 1.165) is 11.4 Å². The Kier molecular flexibility index (Phi) is 4.76. The Morgan fingerprint density at radius 2 is 1.92 bits per heavy atom. The average Bonchev–Trinajstić information content (AvgIpc) is 2.63. The molecule has 2 aromatic rings. The lowest BCUT2D eigenvalue weighted by molar-refractivity contribution is 0.0746. The monoisotopic (exact) mass is 347 g/mol. The van der Waals surface area contributed by atoms with Crippen LogP contribution in [0.25, 0.3) is 0 Å². The van der Waals surface area contributed by atoms with Crippen molar-refractivity contribution in [3.05, 3.63) is 57.5 Å². The number of aromatic amines is 1. The first-order valence-corrected chi connectivity index (χ1v) is 8.03. The molecule has 1 fully saturated rings. The van der Waals surface area contributed by atoms with E-state index < -0.39 is 5.56 Å². The molecule has 1 amide bonds. The predicted molar refractivity (Wildman–Crippen MR) is 93.2 cm³/mol. The van der Waals surface area contributed by atoms with Crippen molar-refractivity contribution in [2.24, 2.45) is 0 Å². The van der Waals surface area contributed by atoms with Gasteiger partial charge in [0.05, 0.1) is 18.4 Å². The highest BCUT2D eigenvalue weighted by atomic mass is 35.5. The van der Waals surface area contributed by atoms with E-state index in [4.69, 9.17) is 16.3 Å². The summed E-state index contributed by atoms with van der Waals surface area (Å²) in [6.45, 7) is 2.60. The molecule has 1 aliphatic heterocycles. The van der Waals surface area contributed by atoms with E-state index in [9.17, 15) is 9.59 Å². The number of carbonyl (C=O) groups excluding carboxylic acids is 1. The van der Waals surface area contributed by atoms with E-state index >= 15 is 0 Å². The van der Waals surface area contributed by atoms with E-state index in [2.05, 4.69) is 9.88 Å². The standard InChI is InChI=1S/C17H18ClN3O3/c1-24-15-5-3-2-4-14(15)20-6-8-21(9-7-20)17(23)12-10-13(18)16(22)19-11-12/h2-5,10-11H,6-9H2,1H3,(H,19,22). The number of carbonyl (C=O) groups is 1. The number of piperazine rings is 1. The lowest BCUT2D eigenvalue weighted by atomic mass is 10.2. The summed E-state index contributed by atoms with van der Waals surface area (Å²) in [5, 5.41) is 0.0218. The molecule has 1 N–H and O–H groups in total. The van der Waals surface area contributed by atoms with Crippen LogP contribution < -0.4 is 15.2 Å². The van der Waals surface area contributed by atoms with Crippen molar-refractivity contribution >= 4 is 23.2 Å². The van der Waals surface area contributed by atoms with E-state index in [1.165, 1.54) is 12.3 Å². The number of ether oxygens (including phenoxy) is 1. The number of aromatic nitrogens is 1. The Morgan fingerprint density at radius 3 is 2.58 bits per heavy atom. The number of H-pyrrole nitrogens is 1. The van der Waals surface area contributed by atoms with Gasteiger partial charge in [0.15, 0.2) is 0 Å². The van der Waals surface area contributed by atoms with Crippen LogP contribution in [0.3, 0.4) is 0 Å². The summed E-state index contributed by atoms with van der Waals surface area (Å²) in [5.41, 5.74) is 1.03. The fraction of sp³-hybridized carbons (Fsp3) is 0.294. The van der Waals surface area contributed by atoms with E-state index in [0.29, 0.717) is 31.7 Å². The maximum atomic E-state index is 12.5. The molecule has 24 heavy (non-hydrogen) atoms. The fourth-order valence-corrected chi connectivity index (χ4v) is 2.98. The van der Waals surface area contributed by atoms with Gasteiger partial charge in [0, 0.05) is 32.4 Å². The first-order chi connectivity index (χ1) is 11.6. The van der Waals surface area contributed by atoms with Gasteiger partial charge < -0.3 is 19.5 Å². The molecule has 1 aromatic heterocycles. The quantitative estimate of drug-likeness (QED) is 0.922. The highest BCUT2D eigenvalue weighted by Crippen LogP contribution is 2.28. The number of para-hydroxylation sites is 2. The largest absolute Gasteiger partial charge is 0.495 e. The predicted octanol–water partition coefficient (Wildman–Crippen LogP) is 2.00. The highest BCUT2D eigenvalue weighted by Gasteiger charge is 2.24. The van der Waals surface area contributed by atoms with Gasteiger partial charge in [-0.2, -0.15) is 0 Å². The number of benzene rings is 1. The number of hydrogen-bond acceptors (Lipinski definition) is 4. The second kappa shape index (κ2) is 6.97. The number of halogens is 1. The molecule has 6 nitrogen and oxygen atoms in total. The third-order valence-electron chi connectivity index (χ3n) is 4.10. The van der Waals surface area contributed by atoms with Gasteiger partial charge in [0.25, 0.3) is 11.5 Å². The summed E-state index contributed by atoms with van der Waals surface area (Å²) in [5.74, 6) is 0.692. The molecule has 3 rings (SSSR count). The zero-order valence-corrected chi connectivity index (χ0v) is 14.0. The summed E-state index contributed by atoms with van der Waals surface area (Å²) in [6.07, 6.45) is 1.41. The molecule has 0 radical (unpaired) electrons. The zero-order valence-electron chi connectivity index (χ0n) is 13.3. The molecular formula is C17H18ClN3O3. The summed E-state index contributed by atoms with van der Waals surface area (Å²) in [4.78, 5) is 30.3. The molecule has 0 bridgehead atoms. The van der Waals surface area contributed by atoms with E-state index in [1.807, 2.05) is 24.3 Å². The normalized spacial score (nSPS) is 14.6. The van der Waals surface area contributed by atoms with Gasteiger partial charge in [0.1, 0.15) is 10.8 Å². The van der Waals surface area contributed by atoms with Crippen LogP contribution in [-0.4, -0.2) is 49.1 Å². The van der Waals surface area contributed by atoms with Crippen LogP contribution in [0.15, 0.2) is 41.3 Å². The lowest BCUT2D eigenvalue weighted by Gasteiger charge is -2.36. The highest BCUT2D eigenvalue weighted by molar-refractivity contribution is 6.30.